The third kappa shape index (κ3) is 51.4. The number of esters is 3. The molecule has 0 spiro atoms. The van der Waals surface area contributed by atoms with Gasteiger partial charge in [0, 0.05) is 19.3 Å². The first-order valence-corrected chi connectivity index (χ1v) is 27.1. The highest BCUT2D eigenvalue weighted by Gasteiger charge is 2.19. The van der Waals surface area contributed by atoms with Crippen LogP contribution in [0, 0.1) is 0 Å². The third-order valence-electron chi connectivity index (χ3n) is 11.4. The summed E-state index contributed by atoms with van der Waals surface area (Å²) in [7, 11) is 0. The Morgan fingerprint density at radius 3 is 1.03 bits per heavy atom. The Balaban J connectivity index is 4.49. The molecule has 0 fully saturated rings. The summed E-state index contributed by atoms with van der Waals surface area (Å²) in [6, 6.07) is 0. The van der Waals surface area contributed by atoms with Gasteiger partial charge in [0.15, 0.2) is 6.10 Å². The molecule has 0 radical (unpaired) electrons. The van der Waals surface area contributed by atoms with Crippen LogP contribution < -0.4 is 0 Å². The number of unbranched alkanes of at least 4 members (excludes halogenated alkanes) is 23. The van der Waals surface area contributed by atoms with E-state index < -0.39 is 6.10 Å². The smallest absolute Gasteiger partial charge is 0.306 e. The van der Waals surface area contributed by atoms with Crippen molar-refractivity contribution < 1.29 is 28.6 Å². The van der Waals surface area contributed by atoms with E-state index in [2.05, 4.69) is 106 Å². The summed E-state index contributed by atoms with van der Waals surface area (Å²) in [5.74, 6) is -0.970. The fourth-order valence-corrected chi connectivity index (χ4v) is 7.33. The maximum absolute atomic E-state index is 12.8. The minimum Gasteiger partial charge on any atom is -0.462 e. The standard InChI is InChI=1S/C59H100O6/c1-4-7-10-13-16-19-22-25-28-29-32-34-37-40-43-46-49-52-58(61)64-55-56(65-59(62)53-50-47-44-41-38-35-31-27-24-21-18-15-12-9-6-3)54-63-57(60)51-48-45-42-39-36-33-30-26-23-20-17-14-11-8-5-2/h8,11,16-17,19-20,25-26,28,30,32,34,40,43,56H,4-7,9-10,12-15,18,21-24,27,29,31,33,35-39,41-42,44-55H2,1-3H3. The molecule has 0 aromatic heterocycles. The molecule has 0 amide bonds. The van der Waals surface area contributed by atoms with Crippen molar-refractivity contribution in [2.45, 2.75) is 258 Å². The van der Waals surface area contributed by atoms with Crippen LogP contribution in [-0.2, 0) is 28.6 Å². The highest BCUT2D eigenvalue weighted by Crippen LogP contribution is 2.15. The van der Waals surface area contributed by atoms with Gasteiger partial charge in [-0.25, -0.2) is 0 Å². The summed E-state index contributed by atoms with van der Waals surface area (Å²) in [5, 5.41) is 0. The van der Waals surface area contributed by atoms with Gasteiger partial charge in [-0.15, -0.1) is 0 Å². The Labute approximate surface area is 401 Å². The van der Waals surface area contributed by atoms with E-state index >= 15 is 0 Å². The van der Waals surface area contributed by atoms with Crippen molar-refractivity contribution in [1.29, 1.82) is 0 Å². The lowest BCUT2D eigenvalue weighted by Crippen LogP contribution is -2.30. The van der Waals surface area contributed by atoms with E-state index in [9.17, 15) is 14.4 Å². The molecule has 0 aliphatic rings. The maximum atomic E-state index is 12.8. The van der Waals surface area contributed by atoms with E-state index in [1.807, 2.05) is 0 Å². The molecule has 0 aromatic rings. The topological polar surface area (TPSA) is 78.9 Å². The van der Waals surface area contributed by atoms with Gasteiger partial charge in [-0.1, -0.05) is 228 Å². The second kappa shape index (κ2) is 53.2. The highest BCUT2D eigenvalue weighted by molar-refractivity contribution is 5.71. The molecule has 0 heterocycles. The second-order valence-electron chi connectivity index (χ2n) is 17.8. The van der Waals surface area contributed by atoms with Crippen LogP contribution in [0.4, 0.5) is 0 Å². The van der Waals surface area contributed by atoms with E-state index in [-0.39, 0.29) is 37.5 Å². The average Bonchev–Trinajstić information content (AvgIpc) is 3.30. The zero-order chi connectivity index (χ0) is 47.2. The third-order valence-corrected chi connectivity index (χ3v) is 11.4. The summed E-state index contributed by atoms with van der Waals surface area (Å²) in [5.41, 5.74) is 0. The summed E-state index contributed by atoms with van der Waals surface area (Å²) >= 11 is 0. The van der Waals surface area contributed by atoms with Gasteiger partial charge in [0.2, 0.25) is 0 Å². The summed E-state index contributed by atoms with van der Waals surface area (Å²) < 4.78 is 16.8. The number of allylic oxidation sites excluding steroid dienone is 14. The molecule has 0 rings (SSSR count). The second-order valence-corrected chi connectivity index (χ2v) is 17.8. The first-order valence-electron chi connectivity index (χ1n) is 27.1. The van der Waals surface area contributed by atoms with Crippen molar-refractivity contribution in [3.63, 3.8) is 0 Å². The highest BCUT2D eigenvalue weighted by atomic mass is 16.6. The SMILES string of the molecule is CCC=CCC=CCC=CCCCCCCCC(=O)OCC(COC(=O)CCCC=CCC=CCC=CCC=CCCCCC)OC(=O)CCCCCCCCCCCCCCCCC. The summed E-state index contributed by atoms with van der Waals surface area (Å²) in [4.78, 5) is 38.0. The van der Waals surface area contributed by atoms with Gasteiger partial charge >= 0.3 is 17.9 Å². The van der Waals surface area contributed by atoms with Crippen LogP contribution in [0.1, 0.15) is 252 Å². The number of hydrogen-bond acceptors (Lipinski definition) is 6. The monoisotopic (exact) mass is 905 g/mol. The van der Waals surface area contributed by atoms with Crippen molar-refractivity contribution in [2.24, 2.45) is 0 Å². The van der Waals surface area contributed by atoms with E-state index in [4.69, 9.17) is 14.2 Å². The first kappa shape index (κ1) is 61.6. The van der Waals surface area contributed by atoms with Gasteiger partial charge in [0.05, 0.1) is 0 Å². The molecule has 0 aliphatic carbocycles. The van der Waals surface area contributed by atoms with Crippen LogP contribution in [0.15, 0.2) is 85.1 Å². The fraction of sp³-hybridized carbons (Fsp3) is 0.712. The van der Waals surface area contributed by atoms with Crippen molar-refractivity contribution in [3.8, 4) is 0 Å². The van der Waals surface area contributed by atoms with E-state index in [1.165, 1.54) is 103 Å². The molecular formula is C59H100O6. The molecule has 6 nitrogen and oxygen atoms in total. The predicted molar refractivity (Wildman–Crippen MR) is 279 cm³/mol. The maximum Gasteiger partial charge on any atom is 0.306 e. The van der Waals surface area contributed by atoms with Crippen LogP contribution in [-0.4, -0.2) is 37.2 Å². The minimum atomic E-state index is -0.804. The van der Waals surface area contributed by atoms with Gasteiger partial charge in [-0.2, -0.15) is 0 Å². The van der Waals surface area contributed by atoms with Crippen LogP contribution in [0.2, 0.25) is 0 Å². The van der Waals surface area contributed by atoms with Crippen LogP contribution in [0.3, 0.4) is 0 Å². The van der Waals surface area contributed by atoms with Crippen LogP contribution >= 0.6 is 0 Å². The Hall–Kier alpha value is -3.41. The number of hydrogen-bond donors (Lipinski definition) is 0. The molecule has 6 heteroatoms. The molecule has 0 N–H and O–H groups in total. The summed E-state index contributed by atoms with van der Waals surface area (Å²) in [6.45, 7) is 6.44. The molecule has 372 valence electrons. The first-order chi connectivity index (χ1) is 32.0. The van der Waals surface area contributed by atoms with E-state index in [0.717, 1.165) is 103 Å². The number of ether oxygens (including phenoxy) is 3. The Bertz CT molecular complexity index is 1270. The van der Waals surface area contributed by atoms with Crippen molar-refractivity contribution >= 4 is 17.9 Å². The van der Waals surface area contributed by atoms with Crippen molar-refractivity contribution in [3.05, 3.63) is 85.1 Å². The van der Waals surface area contributed by atoms with Gasteiger partial charge in [-0.3, -0.25) is 14.4 Å². The van der Waals surface area contributed by atoms with Gasteiger partial charge in [-0.05, 0) is 89.9 Å². The van der Waals surface area contributed by atoms with E-state index in [0.29, 0.717) is 19.3 Å². The molecule has 65 heavy (non-hydrogen) atoms. The Morgan fingerprint density at radius 1 is 0.323 bits per heavy atom. The lowest BCUT2D eigenvalue weighted by atomic mass is 10.0. The van der Waals surface area contributed by atoms with Crippen LogP contribution in [0.5, 0.6) is 0 Å². The predicted octanol–water partition coefficient (Wildman–Crippen LogP) is 18.0. The molecule has 0 aromatic carbocycles. The molecule has 1 unspecified atom stereocenters. The molecule has 0 saturated carbocycles. The zero-order valence-corrected chi connectivity index (χ0v) is 42.5. The molecular weight excluding hydrogens is 805 g/mol. The number of carbonyl (C=O) groups excluding carboxylic acids is 3. The Kier molecular flexibility index (Phi) is 50.4. The van der Waals surface area contributed by atoms with Gasteiger partial charge < -0.3 is 14.2 Å². The minimum absolute atomic E-state index is 0.101. The molecule has 0 aliphatic heterocycles. The zero-order valence-electron chi connectivity index (χ0n) is 42.5. The number of carbonyl (C=O) groups is 3. The normalized spacial score (nSPS) is 12.7. The molecule has 0 saturated heterocycles. The van der Waals surface area contributed by atoms with E-state index in [1.54, 1.807) is 0 Å². The lowest BCUT2D eigenvalue weighted by molar-refractivity contribution is -0.167. The fourth-order valence-electron chi connectivity index (χ4n) is 7.33. The lowest BCUT2D eigenvalue weighted by Gasteiger charge is -2.18. The van der Waals surface area contributed by atoms with Gasteiger partial charge in [0.25, 0.3) is 0 Å². The Morgan fingerprint density at radius 2 is 0.615 bits per heavy atom. The van der Waals surface area contributed by atoms with Crippen molar-refractivity contribution in [1.82, 2.24) is 0 Å². The summed E-state index contributed by atoms with van der Waals surface area (Å²) in [6.07, 6.45) is 68.5. The largest absolute Gasteiger partial charge is 0.462 e. The quantitative estimate of drug-likeness (QED) is 0.0262. The van der Waals surface area contributed by atoms with Gasteiger partial charge in [0.1, 0.15) is 13.2 Å². The van der Waals surface area contributed by atoms with Crippen LogP contribution in [0.25, 0.3) is 0 Å². The number of rotatable bonds is 48. The molecule has 1 atom stereocenters. The van der Waals surface area contributed by atoms with Crippen molar-refractivity contribution in [2.75, 3.05) is 13.2 Å². The average molecular weight is 905 g/mol. The molecule has 0 bridgehead atoms.